The molecular formula is C12H15BrN2S. The number of hydrogen-bond acceptors (Lipinski definition) is 2. The summed E-state index contributed by atoms with van der Waals surface area (Å²) in [5.74, 6) is 0. The number of nitrogens with two attached hydrogens (primary N) is 1. The van der Waals surface area contributed by atoms with E-state index in [0.717, 1.165) is 15.7 Å². The van der Waals surface area contributed by atoms with Crippen LogP contribution in [0.15, 0.2) is 22.7 Å². The van der Waals surface area contributed by atoms with E-state index < -0.39 is 0 Å². The van der Waals surface area contributed by atoms with Crippen LogP contribution >= 0.6 is 28.1 Å². The van der Waals surface area contributed by atoms with E-state index in [0.29, 0.717) is 16.4 Å². The Morgan fingerprint density at radius 2 is 2.19 bits per heavy atom. The maximum Gasteiger partial charge on any atom is 0.106 e. The van der Waals surface area contributed by atoms with Gasteiger partial charge in [-0.15, -0.1) is 0 Å². The summed E-state index contributed by atoms with van der Waals surface area (Å²) in [6.45, 7) is 4.51. The van der Waals surface area contributed by atoms with E-state index in [4.69, 9.17) is 18.0 Å². The molecule has 1 aromatic carbocycles. The summed E-state index contributed by atoms with van der Waals surface area (Å²) in [6, 6.07) is 6.46. The number of benzene rings is 1. The molecule has 0 saturated heterocycles. The molecule has 1 unspecified atom stereocenters. The fourth-order valence-corrected chi connectivity index (χ4v) is 2.29. The van der Waals surface area contributed by atoms with Gasteiger partial charge in [0.05, 0.1) is 0 Å². The first-order chi connectivity index (χ1) is 7.40. The standard InChI is InChI=1S/C12H15BrN2S/c1-12(2)6-10(12)15-9-5-7(13)3-4-8(9)11(14)16/h3-5,10,15H,6H2,1-2H3,(H2,14,16). The van der Waals surface area contributed by atoms with Crippen LogP contribution in [0.1, 0.15) is 25.8 Å². The zero-order chi connectivity index (χ0) is 11.9. The number of hydrogen-bond donors (Lipinski definition) is 2. The molecule has 1 aromatic rings. The molecule has 0 amide bonds. The van der Waals surface area contributed by atoms with E-state index in [1.54, 1.807) is 0 Å². The van der Waals surface area contributed by atoms with Gasteiger partial charge in [-0.3, -0.25) is 0 Å². The summed E-state index contributed by atoms with van der Waals surface area (Å²) in [5, 5.41) is 3.50. The van der Waals surface area contributed by atoms with Crippen molar-refractivity contribution in [2.45, 2.75) is 26.3 Å². The summed E-state index contributed by atoms with van der Waals surface area (Å²) < 4.78 is 1.04. The van der Waals surface area contributed by atoms with Gasteiger partial charge in [0.2, 0.25) is 0 Å². The van der Waals surface area contributed by atoms with Crippen LogP contribution in [-0.2, 0) is 0 Å². The van der Waals surface area contributed by atoms with Gasteiger partial charge in [0.25, 0.3) is 0 Å². The molecule has 3 N–H and O–H groups in total. The molecule has 2 rings (SSSR count). The van der Waals surface area contributed by atoms with E-state index in [1.807, 2.05) is 18.2 Å². The normalized spacial score (nSPS) is 21.6. The second-order valence-corrected chi connectivity index (χ2v) is 6.30. The molecule has 0 radical (unpaired) electrons. The van der Waals surface area contributed by atoms with Crippen LogP contribution in [0.4, 0.5) is 5.69 Å². The Hall–Kier alpha value is -0.610. The second-order valence-electron chi connectivity index (χ2n) is 4.94. The summed E-state index contributed by atoms with van der Waals surface area (Å²) in [4.78, 5) is 0.438. The highest BCUT2D eigenvalue weighted by Crippen LogP contribution is 2.47. The third-order valence-electron chi connectivity index (χ3n) is 3.09. The minimum absolute atomic E-state index is 0.385. The topological polar surface area (TPSA) is 38.0 Å². The Morgan fingerprint density at radius 1 is 1.56 bits per heavy atom. The first kappa shape index (κ1) is 11.9. The minimum Gasteiger partial charge on any atom is -0.389 e. The van der Waals surface area contributed by atoms with Crippen molar-refractivity contribution in [3.8, 4) is 0 Å². The van der Waals surface area contributed by atoms with Crippen molar-refractivity contribution in [3.63, 3.8) is 0 Å². The average molecular weight is 299 g/mol. The van der Waals surface area contributed by atoms with Crippen molar-refractivity contribution in [2.75, 3.05) is 5.32 Å². The zero-order valence-corrected chi connectivity index (χ0v) is 11.8. The van der Waals surface area contributed by atoms with Gasteiger partial charge in [0, 0.05) is 21.8 Å². The highest BCUT2D eigenvalue weighted by Gasteiger charge is 2.45. The predicted molar refractivity (Wildman–Crippen MR) is 75.8 cm³/mol. The molecule has 4 heteroatoms. The molecule has 2 nitrogen and oxygen atoms in total. The SMILES string of the molecule is CC1(C)CC1Nc1cc(Br)ccc1C(N)=S. The monoisotopic (exact) mass is 298 g/mol. The van der Waals surface area contributed by atoms with E-state index in [9.17, 15) is 0 Å². The molecule has 0 heterocycles. The quantitative estimate of drug-likeness (QED) is 0.841. The van der Waals surface area contributed by atoms with Gasteiger partial charge < -0.3 is 11.1 Å². The van der Waals surface area contributed by atoms with Crippen molar-refractivity contribution in [2.24, 2.45) is 11.1 Å². The Balaban J connectivity index is 2.25. The predicted octanol–water partition coefficient (Wildman–Crippen LogP) is 3.29. The van der Waals surface area contributed by atoms with Gasteiger partial charge >= 0.3 is 0 Å². The lowest BCUT2D eigenvalue weighted by Gasteiger charge is -2.13. The molecule has 1 atom stereocenters. The van der Waals surface area contributed by atoms with E-state index in [-0.39, 0.29) is 0 Å². The maximum absolute atomic E-state index is 5.70. The zero-order valence-electron chi connectivity index (χ0n) is 9.38. The summed E-state index contributed by atoms with van der Waals surface area (Å²) in [6.07, 6.45) is 1.19. The smallest absolute Gasteiger partial charge is 0.106 e. The molecule has 0 aliphatic heterocycles. The fourth-order valence-electron chi connectivity index (χ4n) is 1.75. The molecule has 0 spiro atoms. The Morgan fingerprint density at radius 3 is 2.69 bits per heavy atom. The third kappa shape index (κ3) is 2.38. The van der Waals surface area contributed by atoms with E-state index in [1.165, 1.54) is 6.42 Å². The fraction of sp³-hybridized carbons (Fsp3) is 0.417. The molecular weight excluding hydrogens is 284 g/mol. The van der Waals surface area contributed by atoms with Gasteiger partial charge in [-0.2, -0.15) is 0 Å². The van der Waals surface area contributed by atoms with E-state index in [2.05, 4.69) is 35.1 Å². The van der Waals surface area contributed by atoms with Gasteiger partial charge in [-0.05, 0) is 30.0 Å². The van der Waals surface area contributed by atoms with Crippen LogP contribution in [0.25, 0.3) is 0 Å². The van der Waals surface area contributed by atoms with Crippen molar-refractivity contribution in [1.82, 2.24) is 0 Å². The van der Waals surface area contributed by atoms with Crippen molar-refractivity contribution in [1.29, 1.82) is 0 Å². The first-order valence-electron chi connectivity index (χ1n) is 5.26. The van der Waals surface area contributed by atoms with Crippen LogP contribution in [0.2, 0.25) is 0 Å². The van der Waals surface area contributed by atoms with E-state index >= 15 is 0 Å². The molecule has 1 saturated carbocycles. The number of rotatable bonds is 3. The van der Waals surface area contributed by atoms with Crippen LogP contribution in [-0.4, -0.2) is 11.0 Å². The molecule has 16 heavy (non-hydrogen) atoms. The first-order valence-corrected chi connectivity index (χ1v) is 6.46. The third-order valence-corrected chi connectivity index (χ3v) is 3.80. The van der Waals surface area contributed by atoms with Gasteiger partial charge in [0.1, 0.15) is 4.99 Å². The lowest BCUT2D eigenvalue weighted by Crippen LogP contribution is -2.16. The Labute approximate surface area is 110 Å². The van der Waals surface area contributed by atoms with Crippen LogP contribution in [0.5, 0.6) is 0 Å². The maximum atomic E-state index is 5.70. The Bertz CT molecular complexity index is 443. The van der Waals surface area contributed by atoms with Crippen LogP contribution < -0.4 is 11.1 Å². The largest absolute Gasteiger partial charge is 0.389 e. The number of nitrogens with one attached hydrogen (secondary N) is 1. The average Bonchev–Trinajstić information content (AvgIpc) is 2.72. The molecule has 1 fully saturated rings. The number of anilines is 1. The molecule has 0 aromatic heterocycles. The number of thiocarbonyl (C=S) groups is 1. The second kappa shape index (κ2) is 4.00. The highest BCUT2D eigenvalue weighted by atomic mass is 79.9. The lowest BCUT2D eigenvalue weighted by atomic mass is 10.1. The lowest BCUT2D eigenvalue weighted by molar-refractivity contribution is 0.630. The van der Waals surface area contributed by atoms with Crippen LogP contribution in [0.3, 0.4) is 0 Å². The summed E-state index contributed by atoms with van der Waals surface area (Å²) >= 11 is 8.51. The van der Waals surface area contributed by atoms with Crippen molar-refractivity contribution >= 4 is 38.8 Å². The van der Waals surface area contributed by atoms with Crippen molar-refractivity contribution < 1.29 is 0 Å². The van der Waals surface area contributed by atoms with Gasteiger partial charge in [0.15, 0.2) is 0 Å². The Kier molecular flexibility index (Phi) is 2.97. The van der Waals surface area contributed by atoms with Gasteiger partial charge in [-0.25, -0.2) is 0 Å². The highest BCUT2D eigenvalue weighted by molar-refractivity contribution is 9.10. The minimum atomic E-state index is 0.385. The molecule has 1 aliphatic rings. The summed E-state index contributed by atoms with van der Waals surface area (Å²) in [5.41, 5.74) is 8.03. The summed E-state index contributed by atoms with van der Waals surface area (Å²) in [7, 11) is 0. The number of halogens is 1. The molecule has 86 valence electrons. The van der Waals surface area contributed by atoms with Crippen LogP contribution in [0, 0.1) is 5.41 Å². The van der Waals surface area contributed by atoms with Gasteiger partial charge in [-0.1, -0.05) is 42.0 Å². The van der Waals surface area contributed by atoms with Crippen molar-refractivity contribution in [3.05, 3.63) is 28.2 Å². The molecule has 1 aliphatic carbocycles. The molecule has 0 bridgehead atoms.